The highest BCUT2D eigenvalue weighted by molar-refractivity contribution is 8.14. The van der Waals surface area contributed by atoms with Gasteiger partial charge in [0.05, 0.1) is 12.6 Å². The van der Waals surface area contributed by atoms with Crippen LogP contribution in [0.3, 0.4) is 0 Å². The zero-order chi connectivity index (χ0) is 12.4. The first kappa shape index (κ1) is 13.1. The molecule has 2 rings (SSSR count). The molecule has 0 aromatic heterocycles. The molecule has 5 unspecified atom stereocenters. The number of aliphatic imine (C=N–C) groups is 1. The molecule has 4 N–H and O–H groups in total. The lowest BCUT2D eigenvalue weighted by atomic mass is 9.98. The summed E-state index contributed by atoms with van der Waals surface area (Å²) in [4.78, 5) is 4.31. The zero-order valence-corrected chi connectivity index (χ0v) is 10.4. The van der Waals surface area contributed by atoms with Gasteiger partial charge in [-0.15, -0.1) is 0 Å². The van der Waals surface area contributed by atoms with Crippen LogP contribution in [0, 0.1) is 0 Å². The minimum atomic E-state index is -1.07. The predicted octanol–water partition coefficient (Wildman–Crippen LogP) is -1.10. The minimum Gasteiger partial charge on any atom is -0.394 e. The summed E-state index contributed by atoms with van der Waals surface area (Å²) in [7, 11) is 0. The maximum atomic E-state index is 9.92. The first-order valence-electron chi connectivity index (χ1n) is 5.77. The standard InChI is InChI=1S/C10H18N2O4S/c1-2-3-11-10-12-6-8(15)7(14)5(4-13)16-9(6)17-10/h5-9,13-15H,2-4H2,1H3,(H,11,12). The normalized spacial score (nSPS) is 43.5. The van der Waals surface area contributed by atoms with Crippen LogP contribution in [-0.2, 0) is 4.74 Å². The summed E-state index contributed by atoms with van der Waals surface area (Å²) >= 11 is 1.39. The summed E-state index contributed by atoms with van der Waals surface area (Å²) in [6.07, 6.45) is -1.80. The third-order valence-corrected chi connectivity index (χ3v) is 3.98. The summed E-state index contributed by atoms with van der Waals surface area (Å²) in [5.41, 5.74) is -0.304. The Morgan fingerprint density at radius 2 is 2.18 bits per heavy atom. The van der Waals surface area contributed by atoms with Gasteiger partial charge in [0.2, 0.25) is 0 Å². The molecule has 6 nitrogen and oxygen atoms in total. The molecule has 2 heterocycles. The Morgan fingerprint density at radius 3 is 2.82 bits per heavy atom. The summed E-state index contributed by atoms with van der Waals surface area (Å²) in [6, 6.07) is -0.367. The van der Waals surface area contributed by atoms with Crippen LogP contribution in [-0.4, -0.2) is 63.4 Å². The first-order valence-corrected chi connectivity index (χ1v) is 6.65. The van der Waals surface area contributed by atoms with Crippen molar-refractivity contribution < 1.29 is 20.1 Å². The van der Waals surface area contributed by atoms with Crippen LogP contribution in [0.1, 0.15) is 13.3 Å². The van der Waals surface area contributed by atoms with Crippen LogP contribution >= 0.6 is 11.8 Å². The molecule has 0 aromatic rings. The molecule has 2 aliphatic rings. The average molecular weight is 262 g/mol. The average Bonchev–Trinajstić information content (AvgIpc) is 2.74. The lowest BCUT2D eigenvalue weighted by molar-refractivity contribution is -0.167. The van der Waals surface area contributed by atoms with Crippen LogP contribution < -0.4 is 5.32 Å². The fourth-order valence-electron chi connectivity index (χ4n) is 1.92. The Bertz CT molecular complexity index is 302. The van der Waals surface area contributed by atoms with Gasteiger partial charge in [-0.25, -0.2) is 0 Å². The van der Waals surface area contributed by atoms with Gasteiger partial charge in [-0.2, -0.15) is 0 Å². The number of amidine groups is 1. The largest absolute Gasteiger partial charge is 0.394 e. The molecule has 0 saturated carbocycles. The van der Waals surface area contributed by atoms with Crippen molar-refractivity contribution in [2.45, 2.75) is 43.1 Å². The zero-order valence-electron chi connectivity index (χ0n) is 9.61. The number of ether oxygens (including phenoxy) is 1. The van der Waals surface area contributed by atoms with Gasteiger partial charge >= 0.3 is 0 Å². The number of nitrogens with zero attached hydrogens (tertiary/aromatic N) is 1. The van der Waals surface area contributed by atoms with E-state index in [1.54, 1.807) is 0 Å². The summed E-state index contributed by atoms with van der Waals surface area (Å²) in [5.74, 6) is 0. The highest BCUT2D eigenvalue weighted by Crippen LogP contribution is 2.33. The molecule has 2 aliphatic heterocycles. The van der Waals surface area contributed by atoms with Crippen molar-refractivity contribution in [1.29, 1.82) is 0 Å². The Balaban J connectivity index is 2.04. The monoisotopic (exact) mass is 262 g/mol. The quantitative estimate of drug-likeness (QED) is 0.516. The molecule has 0 amide bonds. The van der Waals surface area contributed by atoms with E-state index in [1.165, 1.54) is 11.8 Å². The molecule has 5 atom stereocenters. The van der Waals surface area contributed by atoms with Crippen molar-refractivity contribution in [1.82, 2.24) is 5.32 Å². The van der Waals surface area contributed by atoms with Gasteiger partial charge in [0.15, 0.2) is 5.17 Å². The van der Waals surface area contributed by atoms with Crippen molar-refractivity contribution >= 4 is 16.9 Å². The van der Waals surface area contributed by atoms with E-state index >= 15 is 0 Å². The maximum Gasteiger partial charge on any atom is 0.159 e. The second-order valence-electron chi connectivity index (χ2n) is 4.18. The van der Waals surface area contributed by atoms with Gasteiger partial charge in [-0.1, -0.05) is 18.7 Å². The lowest BCUT2D eigenvalue weighted by Gasteiger charge is -2.38. The third kappa shape index (κ3) is 2.58. The van der Waals surface area contributed by atoms with Gasteiger partial charge in [0, 0.05) is 6.54 Å². The van der Waals surface area contributed by atoms with Crippen LogP contribution in [0.5, 0.6) is 0 Å². The first-order chi connectivity index (χ1) is 8.17. The number of thioether (sulfide) groups is 1. The highest BCUT2D eigenvalue weighted by Gasteiger charge is 2.48. The second-order valence-corrected chi connectivity index (χ2v) is 5.27. The fraction of sp³-hybridized carbons (Fsp3) is 0.900. The van der Waals surface area contributed by atoms with Gasteiger partial charge in [-0.05, 0) is 6.42 Å². The molecule has 17 heavy (non-hydrogen) atoms. The molecular formula is C10H18N2O4S. The number of fused-ring (bicyclic) bond motifs is 1. The van der Waals surface area contributed by atoms with Crippen LogP contribution in [0.4, 0.5) is 0 Å². The number of aliphatic hydroxyl groups is 3. The van der Waals surface area contributed by atoms with Crippen LogP contribution in [0.15, 0.2) is 4.99 Å². The van der Waals surface area contributed by atoms with Crippen molar-refractivity contribution in [3.05, 3.63) is 0 Å². The highest BCUT2D eigenvalue weighted by atomic mass is 32.2. The Hall–Kier alpha value is -0.340. The van der Waals surface area contributed by atoms with Crippen molar-refractivity contribution in [3.8, 4) is 0 Å². The molecule has 98 valence electrons. The summed E-state index contributed by atoms with van der Waals surface area (Å²) in [5, 5.41) is 32.5. The number of rotatable bonds is 3. The molecule has 0 aromatic carbocycles. The smallest absolute Gasteiger partial charge is 0.159 e. The van der Waals surface area contributed by atoms with Gasteiger partial charge < -0.3 is 25.4 Å². The molecule has 0 spiro atoms. The third-order valence-electron chi connectivity index (χ3n) is 2.88. The molecular weight excluding hydrogens is 244 g/mol. The van der Waals surface area contributed by atoms with E-state index in [0.717, 1.165) is 18.1 Å². The van der Waals surface area contributed by atoms with E-state index < -0.39 is 18.3 Å². The van der Waals surface area contributed by atoms with Crippen molar-refractivity contribution in [2.24, 2.45) is 4.99 Å². The molecule has 0 aliphatic carbocycles. The molecule has 7 heteroatoms. The van der Waals surface area contributed by atoms with E-state index in [0.29, 0.717) is 0 Å². The Morgan fingerprint density at radius 1 is 1.41 bits per heavy atom. The number of hydrogen-bond acceptors (Lipinski definition) is 6. The topological polar surface area (TPSA) is 94.3 Å². The van der Waals surface area contributed by atoms with E-state index in [1.807, 2.05) is 6.92 Å². The van der Waals surface area contributed by atoms with E-state index in [2.05, 4.69) is 10.3 Å². The van der Waals surface area contributed by atoms with Crippen molar-refractivity contribution in [3.63, 3.8) is 0 Å². The minimum absolute atomic E-state index is 0.302. The van der Waals surface area contributed by atoms with Crippen molar-refractivity contribution in [2.75, 3.05) is 13.2 Å². The Labute approximate surface area is 104 Å². The van der Waals surface area contributed by atoms with Crippen LogP contribution in [0.2, 0.25) is 0 Å². The second kappa shape index (κ2) is 5.53. The fourth-order valence-corrected chi connectivity index (χ4v) is 3.08. The molecule has 0 bridgehead atoms. The van der Waals surface area contributed by atoms with E-state index in [-0.39, 0.29) is 18.1 Å². The van der Waals surface area contributed by atoms with E-state index in [4.69, 9.17) is 9.84 Å². The SMILES string of the molecule is CCCN=C1NC2C(OC(CO)C(O)C2O)S1. The van der Waals surface area contributed by atoms with Gasteiger partial charge in [0.1, 0.15) is 23.7 Å². The van der Waals surface area contributed by atoms with E-state index in [9.17, 15) is 10.2 Å². The molecule has 0 radical (unpaired) electrons. The summed E-state index contributed by atoms with van der Waals surface area (Å²) in [6.45, 7) is 2.45. The van der Waals surface area contributed by atoms with Gasteiger partial charge in [-0.3, -0.25) is 4.99 Å². The number of aliphatic hydroxyl groups excluding tert-OH is 3. The Kier molecular flexibility index (Phi) is 4.26. The van der Waals surface area contributed by atoms with Gasteiger partial charge in [0.25, 0.3) is 0 Å². The van der Waals surface area contributed by atoms with Crippen LogP contribution in [0.25, 0.3) is 0 Å². The number of nitrogens with one attached hydrogen (secondary N) is 1. The predicted molar refractivity (Wildman–Crippen MR) is 64.9 cm³/mol. The molecule has 2 fully saturated rings. The number of hydrogen-bond donors (Lipinski definition) is 4. The molecule has 2 saturated heterocycles. The lowest BCUT2D eigenvalue weighted by Crippen LogP contribution is -2.59. The summed E-state index contributed by atoms with van der Waals surface area (Å²) < 4.78 is 5.51. The maximum absolute atomic E-state index is 9.92.